The zero-order valence-corrected chi connectivity index (χ0v) is 16.5. The minimum atomic E-state index is -0.402. The van der Waals surface area contributed by atoms with Crippen molar-refractivity contribution in [3.05, 3.63) is 32.4 Å². The Morgan fingerprint density at radius 3 is 2.67 bits per heavy atom. The van der Waals surface area contributed by atoms with E-state index in [-0.39, 0.29) is 12.3 Å². The van der Waals surface area contributed by atoms with Gasteiger partial charge in [-0.1, -0.05) is 0 Å². The number of thiophene rings is 1. The molecule has 130 valence electrons. The van der Waals surface area contributed by atoms with E-state index in [0.29, 0.717) is 23.7 Å². The second-order valence-corrected chi connectivity index (χ2v) is 7.41. The average Bonchev–Trinajstić information content (AvgIpc) is 2.97. The van der Waals surface area contributed by atoms with Crippen molar-refractivity contribution >= 4 is 44.1 Å². The molecule has 0 radical (unpaired) electrons. The van der Waals surface area contributed by atoms with Crippen molar-refractivity contribution in [2.45, 2.75) is 40.7 Å². The summed E-state index contributed by atoms with van der Waals surface area (Å²) in [6.07, 6.45) is 2.11. The third-order valence-electron chi connectivity index (χ3n) is 3.57. The summed E-state index contributed by atoms with van der Waals surface area (Å²) in [5.41, 5.74) is 2.18. The van der Waals surface area contributed by atoms with Crippen LogP contribution in [-0.4, -0.2) is 28.3 Å². The number of nitrogens with zero attached hydrogens (tertiary/aromatic N) is 2. The summed E-state index contributed by atoms with van der Waals surface area (Å²) in [4.78, 5) is 25.3. The average molecular weight is 414 g/mol. The number of amides is 1. The Bertz CT molecular complexity index is 747. The first-order valence-corrected chi connectivity index (χ1v) is 9.21. The molecule has 0 aliphatic heterocycles. The third-order valence-corrected chi connectivity index (χ3v) is 5.47. The van der Waals surface area contributed by atoms with Gasteiger partial charge in [0.05, 0.1) is 22.3 Å². The molecule has 0 unspecified atom stereocenters. The van der Waals surface area contributed by atoms with Crippen LogP contribution in [0.1, 0.15) is 39.8 Å². The first kappa shape index (κ1) is 18.7. The predicted octanol–water partition coefficient (Wildman–Crippen LogP) is 3.84. The van der Waals surface area contributed by atoms with Crippen molar-refractivity contribution < 1.29 is 14.3 Å². The highest BCUT2D eigenvalue weighted by Gasteiger charge is 2.22. The number of hydrogen-bond acceptors (Lipinski definition) is 5. The number of ether oxygens (including phenoxy) is 1. The van der Waals surface area contributed by atoms with E-state index in [1.54, 1.807) is 11.6 Å². The van der Waals surface area contributed by atoms with E-state index < -0.39 is 5.97 Å². The van der Waals surface area contributed by atoms with Gasteiger partial charge in [-0.15, -0.1) is 11.3 Å². The van der Waals surface area contributed by atoms with E-state index in [1.807, 2.05) is 27.0 Å². The molecule has 0 aliphatic rings. The summed E-state index contributed by atoms with van der Waals surface area (Å²) in [6.45, 7) is 8.20. The molecule has 6 nitrogen and oxygen atoms in total. The molecule has 2 aromatic rings. The monoisotopic (exact) mass is 413 g/mol. The molecule has 0 aliphatic carbocycles. The summed E-state index contributed by atoms with van der Waals surface area (Å²) in [6, 6.07) is 0. The van der Waals surface area contributed by atoms with E-state index in [2.05, 4.69) is 26.3 Å². The molecule has 0 saturated heterocycles. The maximum absolute atomic E-state index is 12.2. The molecule has 0 fully saturated rings. The molecule has 0 saturated carbocycles. The lowest BCUT2D eigenvalue weighted by molar-refractivity contribution is -0.116. The SMILES string of the molecule is CCOC(=O)c1c(NC(=O)CCn2cc(Br)c(C)n2)sc(C)c1C. The highest BCUT2D eigenvalue weighted by atomic mass is 79.9. The quantitative estimate of drug-likeness (QED) is 0.729. The van der Waals surface area contributed by atoms with Crippen LogP contribution in [0.25, 0.3) is 0 Å². The Balaban J connectivity index is 2.06. The lowest BCUT2D eigenvalue weighted by atomic mass is 10.1. The van der Waals surface area contributed by atoms with Crippen molar-refractivity contribution in [2.75, 3.05) is 11.9 Å². The predicted molar refractivity (Wildman–Crippen MR) is 97.7 cm³/mol. The molecule has 2 heterocycles. The lowest BCUT2D eigenvalue weighted by Crippen LogP contribution is -2.16. The van der Waals surface area contributed by atoms with Crippen LogP contribution in [0.3, 0.4) is 0 Å². The van der Waals surface area contributed by atoms with Crippen LogP contribution in [0.15, 0.2) is 10.7 Å². The van der Waals surface area contributed by atoms with Crippen molar-refractivity contribution in [3.8, 4) is 0 Å². The fourth-order valence-electron chi connectivity index (χ4n) is 2.18. The van der Waals surface area contributed by atoms with E-state index >= 15 is 0 Å². The Morgan fingerprint density at radius 2 is 2.08 bits per heavy atom. The molecule has 0 spiro atoms. The Morgan fingerprint density at radius 1 is 1.38 bits per heavy atom. The number of halogens is 1. The van der Waals surface area contributed by atoms with Crippen LogP contribution in [-0.2, 0) is 16.1 Å². The zero-order valence-electron chi connectivity index (χ0n) is 14.1. The molecule has 2 aromatic heterocycles. The summed E-state index contributed by atoms with van der Waals surface area (Å²) in [5, 5.41) is 7.67. The van der Waals surface area contributed by atoms with Gasteiger partial charge in [-0.2, -0.15) is 5.10 Å². The van der Waals surface area contributed by atoms with E-state index in [9.17, 15) is 9.59 Å². The molecule has 1 N–H and O–H groups in total. The molecular formula is C16H20BrN3O3S. The lowest BCUT2D eigenvalue weighted by Gasteiger charge is -2.07. The van der Waals surface area contributed by atoms with E-state index in [0.717, 1.165) is 20.6 Å². The first-order valence-electron chi connectivity index (χ1n) is 7.60. The number of carbonyl (C=O) groups is 2. The smallest absolute Gasteiger partial charge is 0.341 e. The fourth-order valence-corrected chi connectivity index (χ4v) is 3.56. The molecule has 8 heteroatoms. The number of aromatic nitrogens is 2. The Hall–Kier alpha value is -1.67. The fraction of sp³-hybridized carbons (Fsp3) is 0.438. The number of carbonyl (C=O) groups excluding carboxylic acids is 2. The zero-order chi connectivity index (χ0) is 17.9. The van der Waals surface area contributed by atoms with Crippen molar-refractivity contribution in [1.29, 1.82) is 0 Å². The maximum Gasteiger partial charge on any atom is 0.341 e. The Labute approximate surface area is 153 Å². The summed E-state index contributed by atoms with van der Waals surface area (Å²) in [5.74, 6) is -0.563. The second-order valence-electron chi connectivity index (χ2n) is 5.33. The topological polar surface area (TPSA) is 73.2 Å². The van der Waals surface area contributed by atoms with Crippen LogP contribution in [0.5, 0.6) is 0 Å². The largest absolute Gasteiger partial charge is 0.462 e. The van der Waals surface area contributed by atoms with Crippen LogP contribution >= 0.6 is 27.3 Å². The van der Waals surface area contributed by atoms with Crippen molar-refractivity contribution in [2.24, 2.45) is 0 Å². The highest BCUT2D eigenvalue weighted by Crippen LogP contribution is 2.33. The van der Waals surface area contributed by atoms with Crippen LogP contribution in [0.2, 0.25) is 0 Å². The van der Waals surface area contributed by atoms with Gasteiger partial charge in [0.15, 0.2) is 0 Å². The number of esters is 1. The van der Waals surface area contributed by atoms with E-state index in [1.165, 1.54) is 11.3 Å². The highest BCUT2D eigenvalue weighted by molar-refractivity contribution is 9.10. The van der Waals surface area contributed by atoms with Gasteiger partial charge in [0, 0.05) is 24.0 Å². The summed E-state index contributed by atoms with van der Waals surface area (Å²) >= 11 is 4.78. The molecule has 0 bridgehead atoms. The molecule has 0 aromatic carbocycles. The van der Waals surface area contributed by atoms with Gasteiger partial charge >= 0.3 is 5.97 Å². The second kappa shape index (κ2) is 7.94. The third kappa shape index (κ3) is 4.24. The standard InChI is InChI=1S/C16H20BrN3O3S/c1-5-23-16(22)14-9(2)11(4)24-15(14)18-13(21)6-7-20-8-12(17)10(3)19-20/h8H,5-7H2,1-4H3,(H,18,21). The minimum absolute atomic E-state index is 0.161. The van der Waals surface area contributed by atoms with Crippen LogP contribution in [0.4, 0.5) is 5.00 Å². The van der Waals surface area contributed by atoms with Gasteiger partial charge in [0.2, 0.25) is 5.91 Å². The van der Waals surface area contributed by atoms with E-state index in [4.69, 9.17) is 4.74 Å². The Kier molecular flexibility index (Phi) is 6.17. The molecule has 24 heavy (non-hydrogen) atoms. The number of anilines is 1. The summed E-state index contributed by atoms with van der Waals surface area (Å²) in [7, 11) is 0. The van der Waals surface area contributed by atoms with Crippen molar-refractivity contribution in [1.82, 2.24) is 9.78 Å². The minimum Gasteiger partial charge on any atom is -0.462 e. The molecule has 0 atom stereocenters. The first-order chi connectivity index (χ1) is 11.3. The number of hydrogen-bond donors (Lipinski definition) is 1. The van der Waals surface area contributed by atoms with Gasteiger partial charge in [0.25, 0.3) is 0 Å². The molecular weight excluding hydrogens is 394 g/mol. The normalized spacial score (nSPS) is 10.7. The van der Waals surface area contributed by atoms with Gasteiger partial charge in [-0.05, 0) is 49.2 Å². The van der Waals surface area contributed by atoms with Gasteiger partial charge in [-0.25, -0.2) is 4.79 Å². The van der Waals surface area contributed by atoms with Gasteiger partial charge in [-0.3, -0.25) is 9.48 Å². The summed E-state index contributed by atoms with van der Waals surface area (Å²) < 4.78 is 7.72. The van der Waals surface area contributed by atoms with Crippen LogP contribution in [0, 0.1) is 20.8 Å². The van der Waals surface area contributed by atoms with Crippen LogP contribution < -0.4 is 5.32 Å². The molecule has 1 amide bonds. The molecule has 2 rings (SSSR count). The van der Waals surface area contributed by atoms with Crippen molar-refractivity contribution in [3.63, 3.8) is 0 Å². The van der Waals surface area contributed by atoms with Gasteiger partial charge in [0.1, 0.15) is 5.00 Å². The number of nitrogens with one attached hydrogen (secondary N) is 1. The number of rotatable bonds is 6. The maximum atomic E-state index is 12.2. The number of aryl methyl sites for hydroxylation is 3. The van der Waals surface area contributed by atoms with Gasteiger partial charge < -0.3 is 10.1 Å².